The zero-order chi connectivity index (χ0) is 13.5. The summed E-state index contributed by atoms with van der Waals surface area (Å²) in [5.41, 5.74) is 5.19. The molecule has 0 aromatic rings. The Balaban J connectivity index is 2.36. The number of nitrogens with one attached hydrogen (secondary N) is 1. The Morgan fingerprint density at radius 2 is 2.22 bits per heavy atom. The highest BCUT2D eigenvalue weighted by atomic mass is 19.3. The Labute approximate surface area is 103 Å². The molecule has 1 heterocycles. The molecular formula is C10H17F2N3O3. The third-order valence-corrected chi connectivity index (χ3v) is 2.60. The summed E-state index contributed by atoms with van der Waals surface area (Å²) in [6, 6.07) is -0.679. The van der Waals surface area contributed by atoms with Gasteiger partial charge in [0, 0.05) is 19.6 Å². The van der Waals surface area contributed by atoms with Crippen LogP contribution in [0, 0.1) is 0 Å². The number of hydrogen-bond donors (Lipinski definition) is 2. The maximum absolute atomic E-state index is 11.8. The van der Waals surface area contributed by atoms with Gasteiger partial charge in [-0.2, -0.15) is 0 Å². The Morgan fingerprint density at radius 3 is 2.83 bits per heavy atom. The van der Waals surface area contributed by atoms with Crippen molar-refractivity contribution in [1.82, 2.24) is 10.2 Å². The molecule has 0 saturated carbocycles. The molecule has 0 aromatic heterocycles. The monoisotopic (exact) mass is 265 g/mol. The molecule has 0 bridgehead atoms. The summed E-state index contributed by atoms with van der Waals surface area (Å²) in [6.45, 7) is 0.500. The molecule has 1 saturated heterocycles. The zero-order valence-electron chi connectivity index (χ0n) is 9.90. The highest BCUT2D eigenvalue weighted by molar-refractivity contribution is 5.87. The van der Waals surface area contributed by atoms with Crippen molar-refractivity contribution in [3.05, 3.63) is 0 Å². The van der Waals surface area contributed by atoms with E-state index in [1.165, 1.54) is 4.90 Å². The molecule has 1 fully saturated rings. The number of carbonyl (C=O) groups is 2. The van der Waals surface area contributed by atoms with E-state index in [4.69, 9.17) is 5.73 Å². The molecule has 104 valence electrons. The molecule has 0 aliphatic carbocycles. The fraction of sp³-hybridized carbons (Fsp3) is 0.800. The van der Waals surface area contributed by atoms with Gasteiger partial charge < -0.3 is 20.7 Å². The van der Waals surface area contributed by atoms with Crippen LogP contribution in [-0.4, -0.2) is 62.0 Å². The lowest BCUT2D eigenvalue weighted by Crippen LogP contribution is -2.58. The number of nitrogens with two attached hydrogens (primary N) is 1. The first kappa shape index (κ1) is 14.8. The van der Waals surface area contributed by atoms with E-state index < -0.39 is 25.0 Å². The Hall–Kier alpha value is -1.28. The molecule has 0 radical (unpaired) electrons. The first-order chi connectivity index (χ1) is 8.52. The predicted octanol–water partition coefficient (Wildman–Crippen LogP) is -1.06. The molecule has 0 aromatic carbocycles. The van der Waals surface area contributed by atoms with Crippen molar-refractivity contribution in [2.45, 2.75) is 18.9 Å². The van der Waals surface area contributed by atoms with E-state index in [1.807, 2.05) is 0 Å². The predicted molar refractivity (Wildman–Crippen MR) is 59.0 cm³/mol. The summed E-state index contributed by atoms with van der Waals surface area (Å²) in [4.78, 5) is 24.3. The van der Waals surface area contributed by atoms with E-state index in [2.05, 4.69) is 10.1 Å². The number of nitrogens with zero attached hydrogens (tertiary/aromatic N) is 1. The van der Waals surface area contributed by atoms with Gasteiger partial charge in [-0.1, -0.05) is 0 Å². The maximum atomic E-state index is 11.8. The van der Waals surface area contributed by atoms with Crippen LogP contribution in [0.2, 0.25) is 0 Å². The summed E-state index contributed by atoms with van der Waals surface area (Å²) < 4.78 is 28.2. The third kappa shape index (κ3) is 4.53. The van der Waals surface area contributed by atoms with Crippen LogP contribution in [0.25, 0.3) is 0 Å². The number of ether oxygens (including phenoxy) is 1. The van der Waals surface area contributed by atoms with Crippen molar-refractivity contribution >= 4 is 11.8 Å². The summed E-state index contributed by atoms with van der Waals surface area (Å²) >= 11 is 0. The first-order valence-electron chi connectivity index (χ1n) is 5.67. The smallest absolute Gasteiger partial charge is 0.261 e. The van der Waals surface area contributed by atoms with Gasteiger partial charge in [-0.15, -0.1) is 0 Å². The number of amides is 2. The largest absolute Gasteiger partial charge is 0.375 e. The van der Waals surface area contributed by atoms with Crippen molar-refractivity contribution in [2.75, 3.05) is 32.8 Å². The van der Waals surface area contributed by atoms with E-state index in [0.29, 0.717) is 19.6 Å². The summed E-state index contributed by atoms with van der Waals surface area (Å²) in [5.74, 6) is -0.890. The Kier molecular flexibility index (Phi) is 5.93. The van der Waals surface area contributed by atoms with Gasteiger partial charge in [0.15, 0.2) is 0 Å². The van der Waals surface area contributed by atoms with Crippen molar-refractivity contribution in [2.24, 2.45) is 5.73 Å². The SMILES string of the molecule is NC(=O)C1CNCCN1C(=O)CCOCC(F)F. The fourth-order valence-corrected chi connectivity index (χ4v) is 1.73. The number of hydrogen-bond acceptors (Lipinski definition) is 4. The van der Waals surface area contributed by atoms with Crippen LogP contribution < -0.4 is 11.1 Å². The minimum Gasteiger partial charge on any atom is -0.375 e. The minimum absolute atomic E-state index is 0.0313. The number of alkyl halides is 2. The van der Waals surface area contributed by atoms with E-state index in [0.717, 1.165) is 0 Å². The van der Waals surface area contributed by atoms with Crippen LogP contribution in [0.3, 0.4) is 0 Å². The summed E-state index contributed by atoms with van der Waals surface area (Å²) in [5, 5.41) is 2.96. The Bertz CT molecular complexity index is 302. The summed E-state index contributed by atoms with van der Waals surface area (Å²) in [6.07, 6.45) is -2.58. The molecule has 18 heavy (non-hydrogen) atoms. The highest BCUT2D eigenvalue weighted by Crippen LogP contribution is 2.06. The standard InChI is InChI=1S/C10H17F2N3O3/c11-8(12)6-18-4-1-9(16)15-3-2-14-5-7(15)10(13)17/h7-8,14H,1-6H2,(H2,13,17). The van der Waals surface area contributed by atoms with Crippen LogP contribution in [-0.2, 0) is 14.3 Å². The molecule has 1 atom stereocenters. The van der Waals surface area contributed by atoms with Crippen LogP contribution in [0.4, 0.5) is 8.78 Å². The van der Waals surface area contributed by atoms with Gasteiger partial charge >= 0.3 is 0 Å². The fourth-order valence-electron chi connectivity index (χ4n) is 1.73. The molecule has 1 rings (SSSR count). The minimum atomic E-state index is -2.54. The van der Waals surface area contributed by atoms with E-state index in [-0.39, 0.29) is 18.9 Å². The third-order valence-electron chi connectivity index (χ3n) is 2.60. The quantitative estimate of drug-likeness (QED) is 0.600. The lowest BCUT2D eigenvalue weighted by Gasteiger charge is -2.34. The van der Waals surface area contributed by atoms with Crippen molar-refractivity contribution in [1.29, 1.82) is 0 Å². The van der Waals surface area contributed by atoms with E-state index >= 15 is 0 Å². The number of rotatable bonds is 6. The van der Waals surface area contributed by atoms with Gasteiger partial charge in [-0.05, 0) is 0 Å². The number of carbonyl (C=O) groups excluding carboxylic acids is 2. The molecule has 1 unspecified atom stereocenters. The zero-order valence-corrected chi connectivity index (χ0v) is 9.90. The van der Waals surface area contributed by atoms with Gasteiger partial charge in [0.05, 0.1) is 13.0 Å². The van der Waals surface area contributed by atoms with Gasteiger partial charge in [0.1, 0.15) is 12.6 Å². The lowest BCUT2D eigenvalue weighted by molar-refractivity contribution is -0.141. The molecule has 0 spiro atoms. The van der Waals surface area contributed by atoms with Crippen molar-refractivity contribution in [3.8, 4) is 0 Å². The molecular weight excluding hydrogens is 248 g/mol. The van der Waals surface area contributed by atoms with E-state index in [1.54, 1.807) is 0 Å². The van der Waals surface area contributed by atoms with Gasteiger partial charge in [0.25, 0.3) is 6.43 Å². The average Bonchev–Trinajstić information content (AvgIpc) is 2.34. The number of halogens is 2. The second kappa shape index (κ2) is 7.22. The lowest BCUT2D eigenvalue weighted by atomic mass is 10.1. The number of primary amides is 1. The normalized spacial score (nSPS) is 20.2. The van der Waals surface area contributed by atoms with Crippen LogP contribution in [0.15, 0.2) is 0 Å². The molecule has 1 aliphatic heterocycles. The second-order valence-electron chi connectivity index (χ2n) is 3.93. The van der Waals surface area contributed by atoms with Crippen LogP contribution in [0.1, 0.15) is 6.42 Å². The van der Waals surface area contributed by atoms with Crippen molar-refractivity contribution < 1.29 is 23.1 Å². The Morgan fingerprint density at radius 1 is 1.50 bits per heavy atom. The molecule has 2 amide bonds. The molecule has 3 N–H and O–H groups in total. The summed E-state index contributed by atoms with van der Waals surface area (Å²) in [7, 11) is 0. The molecule has 6 nitrogen and oxygen atoms in total. The second-order valence-corrected chi connectivity index (χ2v) is 3.93. The van der Waals surface area contributed by atoms with E-state index in [9.17, 15) is 18.4 Å². The van der Waals surface area contributed by atoms with Crippen LogP contribution in [0.5, 0.6) is 0 Å². The topological polar surface area (TPSA) is 84.7 Å². The highest BCUT2D eigenvalue weighted by Gasteiger charge is 2.30. The number of piperazine rings is 1. The first-order valence-corrected chi connectivity index (χ1v) is 5.67. The maximum Gasteiger partial charge on any atom is 0.261 e. The molecule has 1 aliphatic rings. The van der Waals surface area contributed by atoms with Gasteiger partial charge in [-0.25, -0.2) is 8.78 Å². The van der Waals surface area contributed by atoms with Gasteiger partial charge in [-0.3, -0.25) is 9.59 Å². The van der Waals surface area contributed by atoms with Crippen molar-refractivity contribution in [3.63, 3.8) is 0 Å². The molecule has 8 heteroatoms. The van der Waals surface area contributed by atoms with Crippen LogP contribution >= 0.6 is 0 Å². The van der Waals surface area contributed by atoms with Gasteiger partial charge in [0.2, 0.25) is 11.8 Å². The average molecular weight is 265 g/mol.